The third kappa shape index (κ3) is 2.33. The summed E-state index contributed by atoms with van der Waals surface area (Å²) in [5, 5.41) is 2.91. The number of hydrogen-bond acceptors (Lipinski definition) is 3. The highest BCUT2D eigenvalue weighted by Crippen LogP contribution is 2.60. The van der Waals surface area contributed by atoms with Gasteiger partial charge in [0.05, 0.1) is 6.61 Å². The number of hydrogen-bond donors (Lipinski definition) is 1. The van der Waals surface area contributed by atoms with Gasteiger partial charge in [-0.05, 0) is 70.1 Å². The van der Waals surface area contributed by atoms with Crippen LogP contribution in [-0.2, 0) is 14.3 Å². The Kier molecular flexibility index (Phi) is 3.51. The van der Waals surface area contributed by atoms with Gasteiger partial charge in [-0.2, -0.15) is 0 Å². The van der Waals surface area contributed by atoms with E-state index in [9.17, 15) is 9.59 Å². The van der Waals surface area contributed by atoms with Crippen LogP contribution in [0.1, 0.15) is 52.4 Å². The van der Waals surface area contributed by atoms with Gasteiger partial charge in [0.2, 0.25) is 5.91 Å². The predicted molar refractivity (Wildman–Crippen MR) is 74.8 cm³/mol. The molecule has 0 saturated heterocycles. The molecule has 1 unspecified atom stereocenters. The summed E-state index contributed by atoms with van der Waals surface area (Å²) in [5.41, 5.74) is -0.185. The largest absolute Gasteiger partial charge is 0.464 e. The monoisotopic (exact) mass is 279 g/mol. The number of nitrogens with one attached hydrogen (secondary N) is 1. The number of carbonyl (C=O) groups is 2. The van der Waals surface area contributed by atoms with Crippen LogP contribution in [-0.4, -0.2) is 24.5 Å². The van der Waals surface area contributed by atoms with E-state index >= 15 is 0 Å². The van der Waals surface area contributed by atoms with Crippen LogP contribution in [0.15, 0.2) is 0 Å². The molecule has 4 fully saturated rings. The van der Waals surface area contributed by atoms with Crippen molar-refractivity contribution >= 4 is 11.9 Å². The van der Waals surface area contributed by atoms with Gasteiger partial charge in [-0.1, -0.05) is 0 Å². The molecule has 1 amide bonds. The van der Waals surface area contributed by atoms with Crippen molar-refractivity contribution in [3.8, 4) is 0 Å². The zero-order valence-electron chi connectivity index (χ0n) is 12.5. The number of esters is 1. The molecule has 4 heteroatoms. The molecular formula is C16H25NO3. The summed E-state index contributed by atoms with van der Waals surface area (Å²) < 4.78 is 4.97. The van der Waals surface area contributed by atoms with Crippen LogP contribution >= 0.6 is 0 Å². The second-order valence-corrected chi connectivity index (χ2v) is 7.15. The molecule has 4 aliphatic rings. The van der Waals surface area contributed by atoms with E-state index in [1.165, 1.54) is 19.3 Å². The van der Waals surface area contributed by atoms with Gasteiger partial charge in [0.15, 0.2) is 0 Å². The molecule has 112 valence electrons. The minimum atomic E-state index is -0.532. The molecule has 4 aliphatic carbocycles. The van der Waals surface area contributed by atoms with E-state index in [1.54, 1.807) is 13.8 Å². The number of ether oxygens (including phenoxy) is 1. The first-order valence-corrected chi connectivity index (χ1v) is 8.00. The molecule has 4 rings (SSSR count). The van der Waals surface area contributed by atoms with Crippen LogP contribution in [0.4, 0.5) is 0 Å². The Labute approximate surface area is 120 Å². The van der Waals surface area contributed by atoms with Gasteiger partial charge in [0.25, 0.3) is 0 Å². The minimum absolute atomic E-state index is 0.0946. The van der Waals surface area contributed by atoms with Gasteiger partial charge in [-0.15, -0.1) is 0 Å². The molecule has 4 saturated carbocycles. The van der Waals surface area contributed by atoms with E-state index in [0.29, 0.717) is 6.61 Å². The molecule has 4 nitrogen and oxygen atoms in total. The van der Waals surface area contributed by atoms with Crippen molar-refractivity contribution in [3.63, 3.8) is 0 Å². The van der Waals surface area contributed by atoms with Crippen molar-refractivity contribution in [3.05, 3.63) is 0 Å². The highest BCUT2D eigenvalue weighted by molar-refractivity contribution is 5.88. The van der Waals surface area contributed by atoms with E-state index in [-0.39, 0.29) is 17.3 Å². The van der Waals surface area contributed by atoms with E-state index in [0.717, 1.165) is 37.0 Å². The van der Waals surface area contributed by atoms with Crippen molar-refractivity contribution in [2.75, 3.05) is 6.61 Å². The van der Waals surface area contributed by atoms with Crippen LogP contribution in [0.3, 0.4) is 0 Å². The molecule has 0 aliphatic heterocycles. The normalized spacial score (nSPS) is 39.4. The average Bonchev–Trinajstić information content (AvgIpc) is 2.37. The molecule has 1 N–H and O–H groups in total. The molecule has 0 aromatic rings. The molecule has 0 aromatic heterocycles. The summed E-state index contributed by atoms with van der Waals surface area (Å²) in [5.74, 6) is 1.99. The summed E-state index contributed by atoms with van der Waals surface area (Å²) in [4.78, 5) is 24.4. The molecule has 0 aromatic carbocycles. The maximum absolute atomic E-state index is 12.7. The van der Waals surface area contributed by atoms with Crippen molar-refractivity contribution < 1.29 is 14.3 Å². The lowest BCUT2D eigenvalue weighted by molar-refractivity contribution is -0.153. The Morgan fingerprint density at radius 1 is 1.15 bits per heavy atom. The first-order valence-electron chi connectivity index (χ1n) is 8.00. The van der Waals surface area contributed by atoms with Gasteiger partial charge in [0, 0.05) is 5.41 Å². The molecule has 0 heterocycles. The minimum Gasteiger partial charge on any atom is -0.464 e. The summed E-state index contributed by atoms with van der Waals surface area (Å²) >= 11 is 0. The zero-order chi connectivity index (χ0) is 14.3. The van der Waals surface area contributed by atoms with Gasteiger partial charge in [-0.25, -0.2) is 4.79 Å². The molecule has 0 spiro atoms. The molecule has 1 atom stereocenters. The second kappa shape index (κ2) is 5.05. The fourth-order valence-corrected chi connectivity index (χ4v) is 5.06. The smallest absolute Gasteiger partial charge is 0.328 e. The summed E-state index contributed by atoms with van der Waals surface area (Å²) in [6.07, 6.45) is 7.04. The van der Waals surface area contributed by atoms with Gasteiger partial charge in [-0.3, -0.25) is 4.79 Å². The fourth-order valence-electron chi connectivity index (χ4n) is 5.06. The number of carbonyl (C=O) groups excluding carboxylic acids is 2. The van der Waals surface area contributed by atoms with Crippen molar-refractivity contribution in [2.24, 2.45) is 23.2 Å². The zero-order valence-corrected chi connectivity index (χ0v) is 12.5. The van der Waals surface area contributed by atoms with E-state index < -0.39 is 6.04 Å². The van der Waals surface area contributed by atoms with Crippen molar-refractivity contribution in [1.82, 2.24) is 5.32 Å². The average molecular weight is 279 g/mol. The van der Waals surface area contributed by atoms with Crippen LogP contribution < -0.4 is 5.32 Å². The highest BCUT2D eigenvalue weighted by Gasteiger charge is 2.54. The van der Waals surface area contributed by atoms with Crippen LogP contribution in [0.5, 0.6) is 0 Å². The Morgan fingerprint density at radius 3 is 2.10 bits per heavy atom. The summed E-state index contributed by atoms with van der Waals surface area (Å²) in [7, 11) is 0. The Hall–Kier alpha value is -1.06. The number of amides is 1. The third-order valence-corrected chi connectivity index (χ3v) is 5.51. The van der Waals surface area contributed by atoms with Gasteiger partial charge >= 0.3 is 5.97 Å². The topological polar surface area (TPSA) is 55.4 Å². The van der Waals surface area contributed by atoms with Gasteiger partial charge in [0.1, 0.15) is 6.04 Å². The fraction of sp³-hybridized carbons (Fsp3) is 0.875. The third-order valence-electron chi connectivity index (χ3n) is 5.51. The predicted octanol–water partition coefficient (Wildman–Crippen LogP) is 2.27. The Balaban J connectivity index is 1.66. The lowest BCUT2D eigenvalue weighted by atomic mass is 9.49. The Bertz CT molecular complexity index is 383. The number of rotatable bonds is 4. The molecule has 0 radical (unpaired) electrons. The van der Waals surface area contributed by atoms with Crippen LogP contribution in [0.25, 0.3) is 0 Å². The second-order valence-electron chi connectivity index (χ2n) is 7.15. The van der Waals surface area contributed by atoms with E-state index in [4.69, 9.17) is 4.74 Å². The first kappa shape index (κ1) is 13.9. The van der Waals surface area contributed by atoms with Crippen LogP contribution in [0.2, 0.25) is 0 Å². The lowest BCUT2D eigenvalue weighted by Gasteiger charge is -2.55. The summed E-state index contributed by atoms with van der Waals surface area (Å²) in [6, 6.07) is -0.532. The first-order chi connectivity index (χ1) is 9.52. The van der Waals surface area contributed by atoms with Crippen molar-refractivity contribution in [1.29, 1.82) is 0 Å². The molecular weight excluding hydrogens is 254 g/mol. The molecule has 20 heavy (non-hydrogen) atoms. The van der Waals surface area contributed by atoms with E-state index in [2.05, 4.69) is 5.32 Å². The van der Waals surface area contributed by atoms with E-state index in [1.807, 2.05) is 0 Å². The van der Waals surface area contributed by atoms with Crippen molar-refractivity contribution in [2.45, 2.75) is 58.4 Å². The maximum atomic E-state index is 12.7. The summed E-state index contributed by atoms with van der Waals surface area (Å²) in [6.45, 7) is 3.86. The highest BCUT2D eigenvalue weighted by atomic mass is 16.5. The lowest BCUT2D eigenvalue weighted by Crippen LogP contribution is -2.55. The standard InChI is InChI=1S/C16H25NO3/c1-3-20-14(18)10(2)17-15(19)16-7-11-4-12(8-16)6-13(5-11)9-16/h10-13H,3-9H2,1-2H3,(H,17,19). The van der Waals surface area contributed by atoms with Crippen LogP contribution in [0, 0.1) is 23.2 Å². The SMILES string of the molecule is CCOC(=O)C(C)NC(=O)C12CC3CC(CC(C3)C1)C2. The maximum Gasteiger partial charge on any atom is 0.328 e. The quantitative estimate of drug-likeness (QED) is 0.803. The van der Waals surface area contributed by atoms with Gasteiger partial charge < -0.3 is 10.1 Å². The molecule has 4 bridgehead atoms. The Morgan fingerprint density at radius 2 is 1.65 bits per heavy atom.